The van der Waals surface area contributed by atoms with Crippen LogP contribution >= 0.6 is 22.6 Å². The van der Waals surface area contributed by atoms with Crippen LogP contribution in [0.25, 0.3) is 0 Å². The van der Waals surface area contributed by atoms with Gasteiger partial charge in [0.25, 0.3) is 0 Å². The molecular formula is C12H14INO3. The lowest BCUT2D eigenvalue weighted by atomic mass is 10.1. The Morgan fingerprint density at radius 2 is 1.76 bits per heavy atom. The Balaban J connectivity index is 1.81. The molecule has 0 bridgehead atoms. The Morgan fingerprint density at radius 1 is 1.12 bits per heavy atom. The van der Waals surface area contributed by atoms with Crippen LogP contribution in [-0.2, 0) is 4.89 Å². The van der Waals surface area contributed by atoms with Gasteiger partial charge in [-0.15, -0.1) is 0 Å². The van der Waals surface area contributed by atoms with E-state index in [1.165, 1.54) is 6.42 Å². The summed E-state index contributed by atoms with van der Waals surface area (Å²) in [5.41, 5.74) is 0. The highest BCUT2D eigenvalue weighted by Gasteiger charge is 2.18. The summed E-state index contributed by atoms with van der Waals surface area (Å²) < 4.78 is 1.11. The summed E-state index contributed by atoms with van der Waals surface area (Å²) in [6.07, 6.45) is 2.86. The number of carbonyl (C=O) groups is 1. The summed E-state index contributed by atoms with van der Waals surface area (Å²) >= 11 is 2.20. The van der Waals surface area contributed by atoms with Crippen LogP contribution in [0.4, 0.5) is 4.79 Å². The molecule has 0 aliphatic carbocycles. The van der Waals surface area contributed by atoms with Crippen molar-refractivity contribution in [2.45, 2.75) is 19.3 Å². The van der Waals surface area contributed by atoms with Gasteiger partial charge in [-0.25, -0.2) is 9.68 Å². The average molecular weight is 347 g/mol. The van der Waals surface area contributed by atoms with E-state index < -0.39 is 6.09 Å². The Labute approximate surface area is 114 Å². The maximum atomic E-state index is 11.6. The van der Waals surface area contributed by atoms with Crippen LogP contribution in [0.1, 0.15) is 19.3 Å². The molecule has 1 saturated heterocycles. The minimum absolute atomic E-state index is 0.400. The Hall–Kier alpha value is -0.980. The maximum Gasteiger partial charge on any atom is 0.452 e. The van der Waals surface area contributed by atoms with E-state index in [1.54, 1.807) is 17.0 Å². The molecule has 92 valence electrons. The number of carbonyl (C=O) groups excluding carboxylic acids is 1. The van der Waals surface area contributed by atoms with Gasteiger partial charge in [-0.3, -0.25) is 4.89 Å². The normalized spacial score (nSPS) is 15.5. The minimum atomic E-state index is -0.400. The Kier molecular flexibility index (Phi) is 4.47. The third-order valence-electron chi connectivity index (χ3n) is 2.64. The fourth-order valence-corrected chi connectivity index (χ4v) is 2.06. The van der Waals surface area contributed by atoms with Gasteiger partial charge in [0.2, 0.25) is 0 Å². The maximum absolute atomic E-state index is 11.6. The standard InChI is InChI=1S/C12H14INO3/c13-10-4-6-11(7-5-10)16-17-12(15)14-8-2-1-3-9-14/h4-7H,1-3,8-9H2. The molecule has 4 nitrogen and oxygen atoms in total. The van der Waals surface area contributed by atoms with Gasteiger partial charge >= 0.3 is 6.09 Å². The molecule has 0 N–H and O–H groups in total. The second-order valence-corrected chi connectivity index (χ2v) is 5.18. The SMILES string of the molecule is O=C(OOc1ccc(I)cc1)N1CCCCC1. The predicted octanol–water partition coefficient (Wildman–Crippen LogP) is 3.21. The Bertz CT molecular complexity index is 374. The second kappa shape index (κ2) is 6.09. The van der Waals surface area contributed by atoms with Crippen molar-refractivity contribution in [1.82, 2.24) is 4.90 Å². The van der Waals surface area contributed by atoms with Gasteiger partial charge in [-0.05, 0) is 66.1 Å². The molecule has 0 saturated carbocycles. The molecule has 1 aromatic rings. The van der Waals surface area contributed by atoms with Gasteiger partial charge in [-0.1, -0.05) is 0 Å². The molecule has 1 heterocycles. The molecule has 1 aliphatic heterocycles. The third kappa shape index (κ3) is 3.76. The zero-order chi connectivity index (χ0) is 12.1. The average Bonchev–Trinajstić information content (AvgIpc) is 2.39. The monoisotopic (exact) mass is 347 g/mol. The molecule has 1 fully saturated rings. The molecule has 0 atom stereocenters. The molecule has 1 aromatic carbocycles. The first-order valence-corrected chi connectivity index (χ1v) is 6.72. The van der Waals surface area contributed by atoms with Crippen molar-refractivity contribution < 1.29 is 14.6 Å². The van der Waals surface area contributed by atoms with E-state index in [0.717, 1.165) is 29.5 Å². The summed E-state index contributed by atoms with van der Waals surface area (Å²) in [5, 5.41) is 0. The zero-order valence-corrected chi connectivity index (χ0v) is 11.6. The van der Waals surface area contributed by atoms with Crippen molar-refractivity contribution in [2.75, 3.05) is 13.1 Å². The van der Waals surface area contributed by atoms with E-state index in [4.69, 9.17) is 9.78 Å². The molecule has 0 aromatic heterocycles. The van der Waals surface area contributed by atoms with Gasteiger partial charge in [0, 0.05) is 16.7 Å². The highest BCUT2D eigenvalue weighted by molar-refractivity contribution is 14.1. The van der Waals surface area contributed by atoms with Gasteiger partial charge in [0.15, 0.2) is 5.75 Å². The lowest BCUT2D eigenvalue weighted by molar-refractivity contribution is -0.154. The number of benzene rings is 1. The summed E-state index contributed by atoms with van der Waals surface area (Å²) in [4.78, 5) is 23.1. The molecule has 1 aliphatic rings. The minimum Gasteiger partial charge on any atom is -0.305 e. The first-order chi connectivity index (χ1) is 8.25. The number of hydrogen-bond donors (Lipinski definition) is 0. The molecule has 2 rings (SSSR count). The fourth-order valence-electron chi connectivity index (χ4n) is 1.70. The van der Waals surface area contributed by atoms with E-state index >= 15 is 0 Å². The lowest BCUT2D eigenvalue weighted by Crippen LogP contribution is -2.36. The van der Waals surface area contributed by atoms with Crippen molar-refractivity contribution >= 4 is 28.7 Å². The van der Waals surface area contributed by atoms with Crippen molar-refractivity contribution in [1.29, 1.82) is 0 Å². The largest absolute Gasteiger partial charge is 0.452 e. The van der Waals surface area contributed by atoms with Crippen molar-refractivity contribution in [3.05, 3.63) is 27.8 Å². The van der Waals surface area contributed by atoms with Gasteiger partial charge in [0.05, 0.1) is 0 Å². The van der Waals surface area contributed by atoms with Crippen LogP contribution in [0.5, 0.6) is 5.75 Å². The zero-order valence-electron chi connectivity index (χ0n) is 9.39. The van der Waals surface area contributed by atoms with Crippen LogP contribution in [0.3, 0.4) is 0 Å². The molecular weight excluding hydrogens is 333 g/mol. The van der Waals surface area contributed by atoms with Crippen LogP contribution in [-0.4, -0.2) is 24.1 Å². The third-order valence-corrected chi connectivity index (χ3v) is 3.36. The van der Waals surface area contributed by atoms with E-state index in [1.807, 2.05) is 12.1 Å². The van der Waals surface area contributed by atoms with E-state index in [0.29, 0.717) is 5.75 Å². The van der Waals surface area contributed by atoms with Crippen molar-refractivity contribution in [3.8, 4) is 5.75 Å². The van der Waals surface area contributed by atoms with Crippen LogP contribution in [0.15, 0.2) is 24.3 Å². The van der Waals surface area contributed by atoms with E-state index in [2.05, 4.69) is 22.6 Å². The topological polar surface area (TPSA) is 38.8 Å². The number of rotatable bonds is 2. The molecule has 0 spiro atoms. The van der Waals surface area contributed by atoms with Crippen LogP contribution in [0, 0.1) is 3.57 Å². The van der Waals surface area contributed by atoms with Crippen molar-refractivity contribution in [3.63, 3.8) is 0 Å². The van der Waals surface area contributed by atoms with Gasteiger partial charge in [-0.2, -0.15) is 0 Å². The highest BCUT2D eigenvalue weighted by atomic mass is 127. The predicted molar refractivity (Wildman–Crippen MR) is 71.7 cm³/mol. The lowest BCUT2D eigenvalue weighted by Gasteiger charge is -2.24. The number of hydrogen-bond acceptors (Lipinski definition) is 3. The molecule has 1 amide bonds. The quantitative estimate of drug-likeness (QED) is 0.469. The molecule has 0 unspecified atom stereocenters. The van der Waals surface area contributed by atoms with Crippen LogP contribution in [0.2, 0.25) is 0 Å². The fraction of sp³-hybridized carbons (Fsp3) is 0.417. The number of halogens is 1. The summed E-state index contributed by atoms with van der Waals surface area (Å²) in [7, 11) is 0. The van der Waals surface area contributed by atoms with E-state index in [9.17, 15) is 4.79 Å². The summed E-state index contributed by atoms with van der Waals surface area (Å²) in [6, 6.07) is 7.33. The number of piperidine rings is 1. The first kappa shape index (κ1) is 12.5. The number of likely N-dealkylation sites (tertiary alicyclic amines) is 1. The molecule has 17 heavy (non-hydrogen) atoms. The number of amides is 1. The van der Waals surface area contributed by atoms with Gasteiger partial charge in [0.1, 0.15) is 0 Å². The highest BCUT2D eigenvalue weighted by Crippen LogP contribution is 2.15. The summed E-state index contributed by atoms with van der Waals surface area (Å²) in [6.45, 7) is 1.52. The van der Waals surface area contributed by atoms with Gasteiger partial charge < -0.3 is 4.90 Å². The first-order valence-electron chi connectivity index (χ1n) is 5.65. The number of nitrogens with zero attached hydrogens (tertiary/aromatic N) is 1. The molecule has 5 heteroatoms. The van der Waals surface area contributed by atoms with E-state index in [-0.39, 0.29) is 0 Å². The Morgan fingerprint density at radius 3 is 2.41 bits per heavy atom. The smallest absolute Gasteiger partial charge is 0.305 e. The molecule has 0 radical (unpaired) electrons. The second-order valence-electron chi connectivity index (χ2n) is 3.93. The summed E-state index contributed by atoms with van der Waals surface area (Å²) in [5.74, 6) is 0.538. The van der Waals surface area contributed by atoms with Crippen molar-refractivity contribution in [2.24, 2.45) is 0 Å². The van der Waals surface area contributed by atoms with Crippen LogP contribution < -0.4 is 4.89 Å².